The van der Waals surface area contributed by atoms with Crippen LogP contribution in [0.4, 0.5) is 22.7 Å². The van der Waals surface area contributed by atoms with Crippen molar-refractivity contribution in [2.75, 3.05) is 0 Å². The van der Waals surface area contributed by atoms with Crippen LogP contribution < -0.4 is 21.4 Å². The molecule has 386 valence electrons. The molecule has 0 aromatic heterocycles. The van der Waals surface area contributed by atoms with Crippen molar-refractivity contribution < 1.29 is 0 Å². The Bertz CT molecular complexity index is 4280. The summed E-state index contributed by atoms with van der Waals surface area (Å²) in [5.74, 6) is 0.717. The molecule has 0 heterocycles. The molecule has 0 fully saturated rings. The van der Waals surface area contributed by atoms with Crippen molar-refractivity contribution in [2.45, 2.75) is 121 Å². The Labute approximate surface area is 459 Å². The molecule has 12 rings (SSSR count). The van der Waals surface area contributed by atoms with E-state index in [1.54, 1.807) is 0 Å². The number of hydrogen-bond donors (Lipinski definition) is 0. The standard InChI is InChI=1S/C74H70N4/c1-39(2)59-35-53(36-60(40(3)4)69(59)77-73-57-25-17-21-51-29-27-49-19-15-23-55(63(49)65(51)57)71(73)75-67-45(11)31-43(9)32-46(67)12)54-37-61(41(5)6)70(62(38-54)42(7)8)78-74-58-26-18-22-52-30-28-50-20-16-24-56(64(50)66(52)58)72(74)76-68-47(13)33-44(10)34-48(68)14/h15-42H,1-14H3. The van der Waals surface area contributed by atoms with Crippen LogP contribution in [0.5, 0.6) is 0 Å². The first kappa shape index (κ1) is 50.7. The van der Waals surface area contributed by atoms with E-state index in [0.29, 0.717) is 0 Å². The molecule has 0 aliphatic carbocycles. The molecule has 0 aliphatic heterocycles. The first-order chi connectivity index (χ1) is 37.4. The van der Waals surface area contributed by atoms with Gasteiger partial charge >= 0.3 is 0 Å². The largest absolute Gasteiger partial charge is 0.246 e. The van der Waals surface area contributed by atoms with E-state index in [9.17, 15) is 0 Å². The van der Waals surface area contributed by atoms with Gasteiger partial charge in [0.05, 0.1) is 44.2 Å². The lowest BCUT2D eigenvalue weighted by atomic mass is 9.85. The van der Waals surface area contributed by atoms with Gasteiger partial charge in [0.1, 0.15) is 0 Å². The van der Waals surface area contributed by atoms with Crippen LogP contribution in [-0.4, -0.2) is 0 Å². The van der Waals surface area contributed by atoms with Gasteiger partial charge in [-0.25, -0.2) is 20.0 Å². The number of aryl methyl sites for hydroxylation is 6. The van der Waals surface area contributed by atoms with E-state index < -0.39 is 0 Å². The SMILES string of the molecule is Cc1cc(C)c(N=c2c(=Nc3c(C(C)C)cc(-c4cc(C(C)C)c(N=c5c(=Nc6c(C)cc(C)cc6C)c6cccc7ccc8cccc5c8c76)c(C(C)C)c4)cc3C(C)C)c3cccc4ccc5cccc2c5c43)c(C)c1. The Morgan fingerprint density at radius 2 is 0.500 bits per heavy atom. The highest BCUT2D eigenvalue weighted by atomic mass is 14.8. The Morgan fingerprint density at radius 1 is 0.269 bits per heavy atom. The third-order valence-corrected chi connectivity index (χ3v) is 16.6. The van der Waals surface area contributed by atoms with Crippen molar-refractivity contribution in [3.05, 3.63) is 223 Å². The zero-order valence-electron chi connectivity index (χ0n) is 48.0. The predicted molar refractivity (Wildman–Crippen MR) is 333 cm³/mol. The van der Waals surface area contributed by atoms with Gasteiger partial charge in [-0.1, -0.05) is 188 Å². The molecule has 12 aromatic carbocycles. The molecule has 4 heteroatoms. The highest BCUT2D eigenvalue weighted by Gasteiger charge is 2.23. The van der Waals surface area contributed by atoms with Crippen molar-refractivity contribution >= 4 is 87.4 Å². The second-order valence-corrected chi connectivity index (χ2v) is 23.7. The molecule has 0 bridgehead atoms. The average molecular weight is 1020 g/mol. The van der Waals surface area contributed by atoms with E-state index in [-0.39, 0.29) is 23.7 Å². The van der Waals surface area contributed by atoms with Gasteiger partial charge in [-0.05, 0) is 188 Å². The molecule has 12 aromatic rings. The van der Waals surface area contributed by atoms with Crippen LogP contribution in [-0.2, 0) is 0 Å². The van der Waals surface area contributed by atoms with Gasteiger partial charge < -0.3 is 0 Å². The summed E-state index contributed by atoms with van der Waals surface area (Å²) in [6.07, 6.45) is 0. The molecule has 0 N–H and O–H groups in total. The second-order valence-electron chi connectivity index (χ2n) is 23.7. The normalized spacial score (nSPS) is 13.5. The molecule has 0 spiro atoms. The van der Waals surface area contributed by atoms with Gasteiger partial charge in [-0.3, -0.25) is 0 Å². The number of hydrogen-bond acceptors (Lipinski definition) is 4. The van der Waals surface area contributed by atoms with E-state index >= 15 is 0 Å². The zero-order chi connectivity index (χ0) is 54.6. The van der Waals surface area contributed by atoms with Gasteiger partial charge in [0.25, 0.3) is 0 Å². The second kappa shape index (κ2) is 19.4. The van der Waals surface area contributed by atoms with Gasteiger partial charge in [0.15, 0.2) is 0 Å². The van der Waals surface area contributed by atoms with Gasteiger partial charge in [-0.2, -0.15) is 0 Å². The smallest absolute Gasteiger partial charge is 0.0979 e. The van der Waals surface area contributed by atoms with Crippen LogP contribution in [0.2, 0.25) is 0 Å². The molecule has 0 saturated heterocycles. The highest BCUT2D eigenvalue weighted by molar-refractivity contribution is 6.24. The molecule has 78 heavy (non-hydrogen) atoms. The van der Waals surface area contributed by atoms with Crippen molar-refractivity contribution in [3.8, 4) is 11.1 Å². The van der Waals surface area contributed by atoms with E-state index in [1.165, 1.54) is 87.6 Å². The topological polar surface area (TPSA) is 49.4 Å². The fourth-order valence-electron chi connectivity index (χ4n) is 12.9. The van der Waals surface area contributed by atoms with Crippen molar-refractivity contribution in [1.29, 1.82) is 0 Å². The molecule has 0 atom stereocenters. The minimum atomic E-state index is 0.179. The van der Waals surface area contributed by atoms with E-state index in [1.807, 2.05) is 0 Å². The van der Waals surface area contributed by atoms with Gasteiger partial charge in [0, 0.05) is 21.5 Å². The summed E-state index contributed by atoms with van der Waals surface area (Å²) in [4.78, 5) is 23.4. The maximum Gasteiger partial charge on any atom is 0.0979 e. The number of rotatable bonds is 9. The summed E-state index contributed by atoms with van der Waals surface area (Å²) >= 11 is 0. The fraction of sp³-hybridized carbons (Fsp3) is 0.243. The summed E-state index contributed by atoms with van der Waals surface area (Å²) in [7, 11) is 0. The molecule has 0 saturated carbocycles. The van der Waals surface area contributed by atoms with Crippen LogP contribution in [0.1, 0.15) is 135 Å². The lowest BCUT2D eigenvalue weighted by Crippen LogP contribution is -2.27. The summed E-state index contributed by atoms with van der Waals surface area (Å²) in [5, 5.41) is 18.0. The quantitative estimate of drug-likeness (QED) is 0.129. The van der Waals surface area contributed by atoms with Crippen molar-refractivity contribution in [3.63, 3.8) is 0 Å². The summed E-state index contributed by atoms with van der Waals surface area (Å²) in [6.45, 7) is 31.6. The molecule has 0 unspecified atom stereocenters. The number of benzene rings is 12. The third kappa shape index (κ3) is 8.43. The Hall–Kier alpha value is -8.08. The van der Waals surface area contributed by atoms with Crippen molar-refractivity contribution in [2.24, 2.45) is 20.0 Å². The van der Waals surface area contributed by atoms with E-state index in [2.05, 4.69) is 243 Å². The highest BCUT2D eigenvalue weighted by Crippen LogP contribution is 2.44. The number of nitrogens with zero attached hydrogens (tertiary/aromatic N) is 4. The molecular weight excluding hydrogens is 945 g/mol. The first-order valence-electron chi connectivity index (χ1n) is 28.2. The minimum absolute atomic E-state index is 0.179. The van der Waals surface area contributed by atoms with Crippen LogP contribution in [0, 0.1) is 41.5 Å². The van der Waals surface area contributed by atoms with Gasteiger partial charge in [-0.15, -0.1) is 0 Å². The van der Waals surface area contributed by atoms with E-state index in [4.69, 9.17) is 20.0 Å². The molecule has 4 nitrogen and oxygen atoms in total. The average Bonchev–Trinajstić information content (AvgIpc) is 3.61. The van der Waals surface area contributed by atoms with Crippen molar-refractivity contribution in [1.82, 2.24) is 0 Å². The summed E-state index contributed by atoms with van der Waals surface area (Å²) in [5.41, 5.74) is 18.5. The Morgan fingerprint density at radius 3 is 0.731 bits per heavy atom. The summed E-state index contributed by atoms with van der Waals surface area (Å²) in [6, 6.07) is 54.4. The molecule has 0 radical (unpaired) electrons. The molecular formula is C74H70N4. The van der Waals surface area contributed by atoms with E-state index in [0.717, 1.165) is 88.0 Å². The lowest BCUT2D eigenvalue weighted by Gasteiger charge is -2.22. The minimum Gasteiger partial charge on any atom is -0.246 e. The molecule has 0 aliphatic rings. The van der Waals surface area contributed by atoms with Crippen LogP contribution in [0.3, 0.4) is 0 Å². The summed E-state index contributed by atoms with van der Waals surface area (Å²) < 4.78 is 0. The van der Waals surface area contributed by atoms with Crippen LogP contribution >= 0.6 is 0 Å². The maximum atomic E-state index is 5.99. The molecule has 0 amide bonds. The lowest BCUT2D eigenvalue weighted by molar-refractivity contribution is 0.829. The van der Waals surface area contributed by atoms with Crippen LogP contribution in [0.15, 0.2) is 166 Å². The van der Waals surface area contributed by atoms with Crippen LogP contribution in [0.25, 0.3) is 75.8 Å². The first-order valence-corrected chi connectivity index (χ1v) is 28.2. The Balaban J connectivity index is 1.15. The third-order valence-electron chi connectivity index (χ3n) is 16.6. The predicted octanol–water partition coefficient (Wildman–Crippen LogP) is 19.3. The monoisotopic (exact) mass is 1010 g/mol. The maximum absolute atomic E-state index is 5.99. The fourth-order valence-corrected chi connectivity index (χ4v) is 12.9. The Kier molecular flexibility index (Phi) is 12.6. The zero-order valence-corrected chi connectivity index (χ0v) is 48.0. The van der Waals surface area contributed by atoms with Gasteiger partial charge in [0.2, 0.25) is 0 Å².